The Hall–Kier alpha value is -3.93. The van der Waals surface area contributed by atoms with E-state index in [2.05, 4.69) is 26.7 Å². The van der Waals surface area contributed by atoms with Crippen LogP contribution in [-0.2, 0) is 16.9 Å². The number of fused-ring (bicyclic) bond motifs is 1. The zero-order valence-electron chi connectivity index (χ0n) is 23.7. The first kappa shape index (κ1) is 31.0. The number of aromatic nitrogens is 4. The van der Waals surface area contributed by atoms with Crippen LogP contribution >= 0.6 is 0 Å². The van der Waals surface area contributed by atoms with Gasteiger partial charge in [0.15, 0.2) is 11.5 Å². The van der Waals surface area contributed by atoms with Crippen molar-refractivity contribution in [2.45, 2.75) is 65.1 Å². The number of pyridine rings is 1. The minimum absolute atomic E-state index is 0.0483. The summed E-state index contributed by atoms with van der Waals surface area (Å²) in [6, 6.07) is 8.92. The van der Waals surface area contributed by atoms with Crippen LogP contribution in [0.5, 0.6) is 5.75 Å². The highest BCUT2D eigenvalue weighted by Crippen LogP contribution is 2.31. The molecule has 0 saturated heterocycles. The summed E-state index contributed by atoms with van der Waals surface area (Å²) in [5.41, 5.74) is 1.83. The Morgan fingerprint density at radius 1 is 1.05 bits per heavy atom. The fourth-order valence-electron chi connectivity index (χ4n) is 4.57. The number of rotatable bonds is 13. The Morgan fingerprint density at radius 2 is 1.74 bits per heavy atom. The molecule has 0 fully saturated rings. The number of nitrogens with zero attached hydrogens (tertiary/aromatic N) is 4. The number of benzene rings is 2. The number of carbonyl (C=O) groups is 1. The SMILES string of the molecule is CCCCC(C(=O)COc1c(F)c(F)c(F)c(F)c1F)n1cc(C(C)(NCc2ccc3ncccc3c2)C(C)C)nn1. The lowest BCUT2D eigenvalue weighted by atomic mass is 9.85. The van der Waals surface area contributed by atoms with Crippen molar-refractivity contribution in [3.63, 3.8) is 0 Å². The smallest absolute Gasteiger partial charge is 0.207 e. The van der Waals surface area contributed by atoms with E-state index in [0.717, 1.165) is 22.9 Å². The normalized spacial score (nSPS) is 13.9. The number of unbranched alkanes of at least 4 members (excludes halogenated alkanes) is 1. The van der Waals surface area contributed by atoms with E-state index in [9.17, 15) is 26.7 Å². The predicted molar refractivity (Wildman–Crippen MR) is 146 cm³/mol. The molecule has 2 aromatic carbocycles. The van der Waals surface area contributed by atoms with Gasteiger partial charge in [0.1, 0.15) is 18.3 Å². The lowest BCUT2D eigenvalue weighted by Crippen LogP contribution is -2.44. The van der Waals surface area contributed by atoms with E-state index in [1.165, 1.54) is 4.68 Å². The molecule has 1 N–H and O–H groups in total. The fraction of sp³-hybridized carbons (Fsp3) is 0.400. The molecule has 12 heteroatoms. The molecule has 0 bridgehead atoms. The quantitative estimate of drug-likeness (QED) is 0.108. The molecule has 2 aromatic heterocycles. The van der Waals surface area contributed by atoms with Gasteiger partial charge in [0.05, 0.1) is 17.3 Å². The van der Waals surface area contributed by atoms with E-state index in [0.29, 0.717) is 25.1 Å². The van der Waals surface area contributed by atoms with Crippen LogP contribution in [0, 0.1) is 35.0 Å². The molecule has 4 aromatic rings. The van der Waals surface area contributed by atoms with Gasteiger partial charge in [-0.05, 0) is 43.0 Å². The number of Topliss-reactive ketones (excluding diaryl/α,β-unsaturated/α-hetero) is 1. The third-order valence-electron chi connectivity index (χ3n) is 7.57. The van der Waals surface area contributed by atoms with Crippen molar-refractivity contribution >= 4 is 16.7 Å². The standard InChI is InChI=1S/C30H32F5N5O2/c1-5-6-9-21(22(41)16-42-29-27(34)25(32)24(31)26(33)28(29)35)40-15-23(38-39-40)30(4,17(2)3)37-14-18-10-11-20-19(13-18)8-7-12-36-20/h7-8,10-13,15,17,21,37H,5-6,9,14,16H2,1-4H3. The second-order valence-corrected chi connectivity index (χ2v) is 10.6. The average Bonchev–Trinajstić information content (AvgIpc) is 3.48. The maximum absolute atomic E-state index is 14.1. The van der Waals surface area contributed by atoms with Gasteiger partial charge in [-0.2, -0.15) is 8.78 Å². The van der Waals surface area contributed by atoms with E-state index < -0.39 is 58.8 Å². The van der Waals surface area contributed by atoms with E-state index in [1.807, 2.05) is 52.0 Å². The van der Waals surface area contributed by atoms with Gasteiger partial charge in [-0.15, -0.1) is 5.10 Å². The number of ether oxygens (including phenoxy) is 1. The molecule has 0 saturated carbocycles. The summed E-state index contributed by atoms with van der Waals surface area (Å²) in [5, 5.41) is 13.1. The zero-order chi connectivity index (χ0) is 30.6. The van der Waals surface area contributed by atoms with Gasteiger partial charge in [0.25, 0.3) is 0 Å². The second kappa shape index (κ2) is 12.9. The second-order valence-electron chi connectivity index (χ2n) is 10.6. The van der Waals surface area contributed by atoms with Crippen LogP contribution in [0.25, 0.3) is 10.9 Å². The van der Waals surface area contributed by atoms with Gasteiger partial charge in [0.2, 0.25) is 29.1 Å². The molecule has 7 nitrogen and oxygen atoms in total. The summed E-state index contributed by atoms with van der Waals surface area (Å²) in [6.07, 6.45) is 5.01. The molecular weight excluding hydrogens is 557 g/mol. The van der Waals surface area contributed by atoms with Crippen LogP contribution in [0.3, 0.4) is 0 Å². The maximum atomic E-state index is 14.1. The Labute approximate surface area is 240 Å². The minimum atomic E-state index is -2.31. The first-order chi connectivity index (χ1) is 20.0. The number of ketones is 1. The summed E-state index contributed by atoms with van der Waals surface area (Å²) in [5.74, 6) is -13.0. The molecule has 0 spiro atoms. The third-order valence-corrected chi connectivity index (χ3v) is 7.57. The van der Waals surface area contributed by atoms with Crippen molar-refractivity contribution in [1.29, 1.82) is 0 Å². The average molecular weight is 590 g/mol. The van der Waals surface area contributed by atoms with Gasteiger partial charge in [-0.3, -0.25) is 9.78 Å². The van der Waals surface area contributed by atoms with Crippen molar-refractivity contribution in [1.82, 2.24) is 25.3 Å². The van der Waals surface area contributed by atoms with Crippen LogP contribution in [0.15, 0.2) is 42.7 Å². The molecule has 0 aliphatic rings. The Bertz CT molecular complexity index is 1550. The summed E-state index contributed by atoms with van der Waals surface area (Å²) in [4.78, 5) is 17.5. The van der Waals surface area contributed by atoms with Crippen molar-refractivity contribution in [2.75, 3.05) is 6.61 Å². The van der Waals surface area contributed by atoms with Crippen LogP contribution in [0.1, 0.15) is 64.3 Å². The molecule has 0 aliphatic heterocycles. The van der Waals surface area contributed by atoms with Gasteiger partial charge in [-0.25, -0.2) is 17.9 Å². The predicted octanol–water partition coefficient (Wildman–Crippen LogP) is 6.56. The Kier molecular flexibility index (Phi) is 9.55. The van der Waals surface area contributed by atoms with Crippen molar-refractivity contribution < 1.29 is 31.5 Å². The van der Waals surface area contributed by atoms with E-state index in [4.69, 9.17) is 4.74 Å². The van der Waals surface area contributed by atoms with Gasteiger partial charge < -0.3 is 10.1 Å². The summed E-state index contributed by atoms with van der Waals surface area (Å²) >= 11 is 0. The Balaban J connectivity index is 1.54. The van der Waals surface area contributed by atoms with Crippen LogP contribution in [-0.4, -0.2) is 32.4 Å². The van der Waals surface area contributed by atoms with Crippen LogP contribution < -0.4 is 10.1 Å². The molecule has 0 aliphatic carbocycles. The van der Waals surface area contributed by atoms with Crippen molar-refractivity contribution in [3.8, 4) is 5.75 Å². The molecule has 224 valence electrons. The lowest BCUT2D eigenvalue weighted by Gasteiger charge is -2.33. The number of halogens is 5. The molecule has 2 atom stereocenters. The number of nitrogens with one attached hydrogen (secondary N) is 1. The molecule has 2 unspecified atom stereocenters. The van der Waals surface area contributed by atoms with Gasteiger partial charge in [-0.1, -0.05) is 51.0 Å². The molecule has 42 heavy (non-hydrogen) atoms. The van der Waals surface area contributed by atoms with Crippen LogP contribution in [0.2, 0.25) is 0 Å². The monoisotopic (exact) mass is 589 g/mol. The van der Waals surface area contributed by atoms with Crippen molar-refractivity contribution in [3.05, 3.63) is 83.1 Å². The topological polar surface area (TPSA) is 81.9 Å². The maximum Gasteiger partial charge on any atom is 0.207 e. The summed E-state index contributed by atoms with van der Waals surface area (Å²) < 4.78 is 74.9. The molecule has 4 rings (SSSR count). The van der Waals surface area contributed by atoms with E-state index in [-0.39, 0.29) is 5.92 Å². The third kappa shape index (κ3) is 6.28. The van der Waals surface area contributed by atoms with Crippen LogP contribution in [0.4, 0.5) is 22.0 Å². The highest BCUT2D eigenvalue weighted by Gasteiger charge is 2.35. The molecular formula is C30H32F5N5O2. The van der Waals surface area contributed by atoms with E-state index >= 15 is 0 Å². The first-order valence-corrected chi connectivity index (χ1v) is 13.7. The molecule has 2 heterocycles. The first-order valence-electron chi connectivity index (χ1n) is 13.7. The van der Waals surface area contributed by atoms with E-state index in [1.54, 1.807) is 12.4 Å². The summed E-state index contributed by atoms with van der Waals surface area (Å²) in [6.45, 7) is 7.52. The lowest BCUT2D eigenvalue weighted by molar-refractivity contribution is -0.124. The van der Waals surface area contributed by atoms with Gasteiger partial charge >= 0.3 is 0 Å². The van der Waals surface area contributed by atoms with Gasteiger partial charge in [0, 0.05) is 18.1 Å². The zero-order valence-corrected chi connectivity index (χ0v) is 23.7. The molecule has 0 radical (unpaired) electrons. The fourth-order valence-corrected chi connectivity index (χ4v) is 4.57. The number of hydrogen-bond donors (Lipinski definition) is 1. The molecule has 0 amide bonds. The highest BCUT2D eigenvalue weighted by molar-refractivity contribution is 5.84. The number of hydrogen-bond acceptors (Lipinski definition) is 6. The number of carbonyl (C=O) groups excluding carboxylic acids is 1. The highest BCUT2D eigenvalue weighted by atomic mass is 19.2. The van der Waals surface area contributed by atoms with Crippen molar-refractivity contribution in [2.24, 2.45) is 5.92 Å². The largest absolute Gasteiger partial charge is 0.479 e. The minimum Gasteiger partial charge on any atom is -0.479 e. The Morgan fingerprint density at radius 3 is 2.40 bits per heavy atom. The summed E-state index contributed by atoms with van der Waals surface area (Å²) in [7, 11) is 0.